The van der Waals surface area contributed by atoms with Crippen LogP contribution in [0.3, 0.4) is 0 Å². The molecule has 2 nitrogen and oxygen atoms in total. The van der Waals surface area contributed by atoms with Crippen LogP contribution in [0.25, 0.3) is 0 Å². The Hall–Kier alpha value is 0.933. The molecule has 0 aromatic rings. The van der Waals surface area contributed by atoms with Crippen molar-refractivity contribution in [3.8, 4) is 0 Å². The maximum atomic E-state index is 0. The van der Waals surface area contributed by atoms with Crippen molar-refractivity contribution >= 4 is 0 Å². The van der Waals surface area contributed by atoms with Crippen LogP contribution >= 0.6 is 0 Å². The van der Waals surface area contributed by atoms with Gasteiger partial charge in [-0.25, -0.2) is 0 Å². The molecule has 0 heterocycles. The van der Waals surface area contributed by atoms with Crippen molar-refractivity contribution < 1.29 is 44.5 Å². The predicted molar refractivity (Wildman–Crippen MR) is 1.37 cm³/mol. The summed E-state index contributed by atoms with van der Waals surface area (Å²) in [4.78, 5) is 0. The van der Waals surface area contributed by atoms with Crippen LogP contribution in [0.15, 0.2) is 0 Å². The van der Waals surface area contributed by atoms with Crippen LogP contribution in [0, 0.1) is 0 Å². The van der Waals surface area contributed by atoms with Crippen LogP contribution in [-0.4, -0.2) is 0 Å². The average Bonchev–Trinajstić information content (AvgIpc) is 0. The summed E-state index contributed by atoms with van der Waals surface area (Å²) in [6, 6.07) is 0. The predicted octanol–water partition coefficient (Wildman–Crippen LogP) is -0.243. The van der Waals surface area contributed by atoms with E-state index in [1.54, 1.807) is 0 Å². The van der Waals surface area contributed by atoms with Crippen LogP contribution in [-0.2, 0) is 44.5 Å². The largest absolute Gasteiger partial charge is 2.00 e. The monoisotopic (exact) mass is 153 g/mol. The zero-order valence-corrected chi connectivity index (χ0v) is 3.36. The van der Waals surface area contributed by atoms with E-state index in [0.717, 1.165) is 0 Å². The molecular weight excluding hydrogens is 154 g/mol. The first-order valence-electron chi connectivity index (χ1n) is 0. The van der Waals surface area contributed by atoms with Crippen LogP contribution in [0.1, 0.15) is 0 Å². The van der Waals surface area contributed by atoms with E-state index in [-0.39, 0.29) is 44.5 Å². The number of rotatable bonds is 0. The SMILES string of the molecule is [Cu+2].[Ni+2].[O-2].[O-2]. The van der Waals surface area contributed by atoms with E-state index in [0.29, 0.717) is 0 Å². The molecule has 0 aromatic heterocycles. The summed E-state index contributed by atoms with van der Waals surface area (Å²) >= 11 is 0. The van der Waals surface area contributed by atoms with Gasteiger partial charge in [-0.2, -0.15) is 0 Å². The van der Waals surface area contributed by atoms with Crippen molar-refractivity contribution in [3.05, 3.63) is 0 Å². The third-order valence-electron chi connectivity index (χ3n) is 0. The second kappa shape index (κ2) is 38.9. The molecule has 1 radical (unpaired) electrons. The number of hydrogen-bond acceptors (Lipinski definition) is 0. The van der Waals surface area contributed by atoms with Crippen LogP contribution in [0.2, 0.25) is 0 Å². The Morgan fingerprint density at radius 3 is 0.750 bits per heavy atom. The summed E-state index contributed by atoms with van der Waals surface area (Å²) in [6.45, 7) is 0. The van der Waals surface area contributed by atoms with Gasteiger partial charge in [-0.05, 0) is 0 Å². The van der Waals surface area contributed by atoms with E-state index < -0.39 is 0 Å². The Bertz CT molecular complexity index is 6.00. The van der Waals surface area contributed by atoms with Crippen molar-refractivity contribution in [2.75, 3.05) is 0 Å². The quantitative estimate of drug-likeness (QED) is 0.432. The molecule has 0 unspecified atom stereocenters. The fourth-order valence-electron chi connectivity index (χ4n) is 0. The Kier molecular flexibility index (Phi) is 852. The maximum Gasteiger partial charge on any atom is 2.00 e. The topological polar surface area (TPSA) is 57.0 Å². The Balaban J connectivity index is 0. The van der Waals surface area contributed by atoms with Crippen LogP contribution in [0.4, 0.5) is 0 Å². The molecule has 0 saturated heterocycles. The van der Waals surface area contributed by atoms with Crippen molar-refractivity contribution in [1.29, 1.82) is 0 Å². The first-order chi connectivity index (χ1) is 0. The van der Waals surface area contributed by atoms with Gasteiger partial charge in [-0.1, -0.05) is 0 Å². The van der Waals surface area contributed by atoms with Crippen molar-refractivity contribution in [3.63, 3.8) is 0 Å². The molecule has 0 bridgehead atoms. The molecule has 33 valence electrons. The van der Waals surface area contributed by atoms with Gasteiger partial charge in [0.25, 0.3) is 0 Å². The van der Waals surface area contributed by atoms with E-state index in [1.807, 2.05) is 0 Å². The number of hydrogen-bond donors (Lipinski definition) is 0. The van der Waals surface area contributed by atoms with E-state index in [9.17, 15) is 0 Å². The standard InChI is InChI=1S/Cu.Ni.2O/q2*+2;2*-2. The summed E-state index contributed by atoms with van der Waals surface area (Å²) in [6.07, 6.45) is 0. The summed E-state index contributed by atoms with van der Waals surface area (Å²) in [7, 11) is 0. The van der Waals surface area contributed by atoms with Gasteiger partial charge in [-0.3, -0.25) is 0 Å². The second-order valence-corrected chi connectivity index (χ2v) is 0. The van der Waals surface area contributed by atoms with E-state index in [2.05, 4.69) is 0 Å². The maximum absolute atomic E-state index is 0. The smallest absolute Gasteiger partial charge is 2.00 e. The van der Waals surface area contributed by atoms with E-state index in [4.69, 9.17) is 0 Å². The molecule has 4 heavy (non-hydrogen) atoms. The molecule has 0 aromatic carbocycles. The molecular formula is CuNiO2. The first kappa shape index (κ1) is 87.7. The van der Waals surface area contributed by atoms with Gasteiger partial charge in [0, 0.05) is 0 Å². The van der Waals surface area contributed by atoms with Gasteiger partial charge in [-0.15, -0.1) is 0 Å². The molecule has 0 fully saturated rings. The molecule has 0 N–H and O–H groups in total. The van der Waals surface area contributed by atoms with Crippen molar-refractivity contribution in [2.45, 2.75) is 0 Å². The molecule has 0 aliphatic heterocycles. The summed E-state index contributed by atoms with van der Waals surface area (Å²) < 4.78 is 0. The average molecular weight is 154 g/mol. The van der Waals surface area contributed by atoms with Gasteiger partial charge in [0.1, 0.15) is 0 Å². The third-order valence-corrected chi connectivity index (χ3v) is 0. The summed E-state index contributed by atoms with van der Waals surface area (Å²) in [5, 5.41) is 0. The minimum absolute atomic E-state index is 0. The first-order valence-corrected chi connectivity index (χ1v) is 0. The van der Waals surface area contributed by atoms with Gasteiger partial charge < -0.3 is 11.0 Å². The third kappa shape index (κ3) is 12.6. The second-order valence-electron chi connectivity index (χ2n) is 0. The van der Waals surface area contributed by atoms with Gasteiger partial charge >= 0.3 is 33.6 Å². The van der Waals surface area contributed by atoms with Gasteiger partial charge in [0.2, 0.25) is 0 Å². The molecule has 0 amide bonds. The van der Waals surface area contributed by atoms with Crippen molar-refractivity contribution in [2.24, 2.45) is 0 Å². The molecule has 4 heteroatoms. The molecule has 0 atom stereocenters. The Morgan fingerprint density at radius 2 is 0.750 bits per heavy atom. The summed E-state index contributed by atoms with van der Waals surface area (Å²) in [5.41, 5.74) is 0. The zero-order chi connectivity index (χ0) is 0. The van der Waals surface area contributed by atoms with Crippen LogP contribution < -0.4 is 0 Å². The summed E-state index contributed by atoms with van der Waals surface area (Å²) in [5.74, 6) is 0. The fraction of sp³-hybridized carbons (Fsp3) is 0. The molecule has 0 saturated carbocycles. The molecule has 0 spiro atoms. The van der Waals surface area contributed by atoms with Gasteiger partial charge in [0.05, 0.1) is 0 Å². The fourth-order valence-corrected chi connectivity index (χ4v) is 0. The van der Waals surface area contributed by atoms with Gasteiger partial charge in [0.15, 0.2) is 0 Å². The van der Waals surface area contributed by atoms with E-state index in [1.165, 1.54) is 0 Å². The molecule has 0 aliphatic carbocycles. The minimum atomic E-state index is 0. The van der Waals surface area contributed by atoms with Crippen LogP contribution in [0.5, 0.6) is 0 Å². The zero-order valence-electron chi connectivity index (χ0n) is 1.43. The van der Waals surface area contributed by atoms with Crippen molar-refractivity contribution in [1.82, 2.24) is 0 Å². The Morgan fingerprint density at radius 1 is 0.750 bits per heavy atom. The molecule has 0 rings (SSSR count). The molecule has 0 aliphatic rings. The van der Waals surface area contributed by atoms with E-state index >= 15 is 0 Å². The Labute approximate surface area is 45.0 Å². The normalized spacial score (nSPS) is 0. The minimum Gasteiger partial charge on any atom is -2.00 e.